The summed E-state index contributed by atoms with van der Waals surface area (Å²) in [7, 11) is 1.68. The van der Waals surface area contributed by atoms with Gasteiger partial charge in [-0.2, -0.15) is 4.52 Å². The number of fused-ring (bicyclic) bond motifs is 1. The molecule has 1 aromatic carbocycles. The molecule has 9 nitrogen and oxygen atoms in total. The molecule has 9 heteroatoms. The summed E-state index contributed by atoms with van der Waals surface area (Å²) in [6.07, 6.45) is 3.33. The van der Waals surface area contributed by atoms with Gasteiger partial charge in [-0.1, -0.05) is 0 Å². The summed E-state index contributed by atoms with van der Waals surface area (Å²) >= 11 is 0. The average molecular weight is 422 g/mol. The molecule has 2 aromatic heterocycles. The number of carbonyl (C=O) groups excluding carboxylic acids is 1. The first-order chi connectivity index (χ1) is 15.2. The largest absolute Gasteiger partial charge is 0.497 e. The Bertz CT molecular complexity index is 1040. The predicted octanol–water partition coefficient (Wildman–Crippen LogP) is 1.70. The fraction of sp³-hybridized carbons (Fsp3) is 0.455. The number of anilines is 2. The van der Waals surface area contributed by atoms with Crippen molar-refractivity contribution in [3.05, 3.63) is 42.7 Å². The molecule has 0 N–H and O–H groups in total. The molecule has 2 fully saturated rings. The number of nitrogens with zero attached hydrogens (tertiary/aromatic N) is 7. The summed E-state index contributed by atoms with van der Waals surface area (Å²) in [5.41, 5.74) is 1.92. The first kappa shape index (κ1) is 19.6. The number of piperidine rings is 1. The second-order valence-electron chi connectivity index (χ2n) is 8.10. The molecule has 4 heterocycles. The van der Waals surface area contributed by atoms with E-state index in [1.54, 1.807) is 18.0 Å². The minimum absolute atomic E-state index is 0.0995. The summed E-state index contributed by atoms with van der Waals surface area (Å²) < 4.78 is 6.93. The minimum atomic E-state index is 0.0995. The highest BCUT2D eigenvalue weighted by atomic mass is 16.5. The molecule has 31 heavy (non-hydrogen) atoms. The smallest absolute Gasteiger partial charge is 0.225 e. The van der Waals surface area contributed by atoms with Crippen molar-refractivity contribution >= 4 is 23.1 Å². The SMILES string of the molecule is COc1ccc(N2CCN(C(=O)C3CCN(c4ccc5nncn5n4)CC3)CC2)cc1. The van der Waals surface area contributed by atoms with Crippen LogP contribution in [0, 0.1) is 5.92 Å². The topological polar surface area (TPSA) is 79.1 Å². The van der Waals surface area contributed by atoms with Crippen molar-refractivity contribution in [2.45, 2.75) is 12.8 Å². The molecule has 0 unspecified atom stereocenters. The summed E-state index contributed by atoms with van der Waals surface area (Å²) in [5, 5.41) is 12.5. The van der Waals surface area contributed by atoms with Gasteiger partial charge in [0.25, 0.3) is 0 Å². The quantitative estimate of drug-likeness (QED) is 0.634. The number of amides is 1. The lowest BCUT2D eigenvalue weighted by Gasteiger charge is -2.39. The lowest BCUT2D eigenvalue weighted by atomic mass is 9.95. The second-order valence-corrected chi connectivity index (χ2v) is 8.10. The fourth-order valence-electron chi connectivity index (χ4n) is 4.48. The van der Waals surface area contributed by atoms with Crippen LogP contribution >= 0.6 is 0 Å². The maximum atomic E-state index is 13.1. The van der Waals surface area contributed by atoms with Gasteiger partial charge in [0.2, 0.25) is 5.91 Å². The van der Waals surface area contributed by atoms with E-state index in [-0.39, 0.29) is 5.92 Å². The van der Waals surface area contributed by atoms with Crippen LogP contribution in [0.15, 0.2) is 42.7 Å². The minimum Gasteiger partial charge on any atom is -0.497 e. The van der Waals surface area contributed by atoms with Gasteiger partial charge in [-0.3, -0.25) is 4.79 Å². The van der Waals surface area contributed by atoms with Crippen LogP contribution in [0.4, 0.5) is 11.5 Å². The molecule has 0 aliphatic carbocycles. The third-order valence-electron chi connectivity index (χ3n) is 6.34. The highest BCUT2D eigenvalue weighted by Crippen LogP contribution is 2.25. The van der Waals surface area contributed by atoms with E-state index in [1.807, 2.05) is 29.2 Å². The van der Waals surface area contributed by atoms with Crippen molar-refractivity contribution in [3.8, 4) is 5.75 Å². The van der Waals surface area contributed by atoms with E-state index in [2.05, 4.69) is 37.2 Å². The highest BCUT2D eigenvalue weighted by molar-refractivity contribution is 5.79. The van der Waals surface area contributed by atoms with E-state index in [0.717, 1.165) is 69.3 Å². The number of aromatic nitrogens is 4. The van der Waals surface area contributed by atoms with Gasteiger partial charge in [0.15, 0.2) is 5.65 Å². The van der Waals surface area contributed by atoms with Crippen LogP contribution in [0.2, 0.25) is 0 Å². The molecule has 0 spiro atoms. The number of benzene rings is 1. The third kappa shape index (κ3) is 3.99. The summed E-state index contributed by atoms with van der Waals surface area (Å²) in [6.45, 7) is 4.94. The van der Waals surface area contributed by atoms with Crippen LogP contribution in [-0.4, -0.2) is 77.0 Å². The van der Waals surface area contributed by atoms with E-state index < -0.39 is 0 Å². The molecule has 0 atom stereocenters. The summed E-state index contributed by atoms with van der Waals surface area (Å²) in [6, 6.07) is 12.0. The molecule has 3 aromatic rings. The van der Waals surface area contributed by atoms with Gasteiger partial charge in [0.05, 0.1) is 7.11 Å². The Morgan fingerprint density at radius 2 is 1.68 bits per heavy atom. The first-order valence-electron chi connectivity index (χ1n) is 10.8. The molecule has 1 amide bonds. The molecule has 0 saturated carbocycles. The fourth-order valence-corrected chi connectivity index (χ4v) is 4.48. The lowest BCUT2D eigenvalue weighted by Crippen LogP contribution is -2.51. The van der Waals surface area contributed by atoms with Crippen LogP contribution in [0.1, 0.15) is 12.8 Å². The molecule has 2 aliphatic heterocycles. The van der Waals surface area contributed by atoms with Crippen molar-refractivity contribution in [1.29, 1.82) is 0 Å². The number of methoxy groups -OCH3 is 1. The van der Waals surface area contributed by atoms with Crippen molar-refractivity contribution in [3.63, 3.8) is 0 Å². The monoisotopic (exact) mass is 421 g/mol. The molecule has 5 rings (SSSR count). The van der Waals surface area contributed by atoms with Gasteiger partial charge in [0.1, 0.15) is 17.9 Å². The van der Waals surface area contributed by atoms with Gasteiger partial charge in [-0.05, 0) is 49.2 Å². The van der Waals surface area contributed by atoms with Crippen molar-refractivity contribution in [1.82, 2.24) is 24.7 Å². The van der Waals surface area contributed by atoms with E-state index in [1.165, 1.54) is 5.69 Å². The zero-order chi connectivity index (χ0) is 21.2. The number of piperazine rings is 1. The highest BCUT2D eigenvalue weighted by Gasteiger charge is 2.31. The Morgan fingerprint density at radius 3 is 2.39 bits per heavy atom. The maximum Gasteiger partial charge on any atom is 0.225 e. The number of hydrogen-bond acceptors (Lipinski definition) is 7. The van der Waals surface area contributed by atoms with Crippen LogP contribution < -0.4 is 14.5 Å². The Balaban J connectivity index is 1.14. The average Bonchev–Trinajstić information content (AvgIpc) is 3.32. The molecule has 2 aliphatic rings. The molecule has 2 saturated heterocycles. The molecule has 0 bridgehead atoms. The zero-order valence-electron chi connectivity index (χ0n) is 17.7. The van der Waals surface area contributed by atoms with Gasteiger partial charge < -0.3 is 19.4 Å². The predicted molar refractivity (Wildman–Crippen MR) is 118 cm³/mol. The Kier molecular flexibility index (Phi) is 5.31. The third-order valence-corrected chi connectivity index (χ3v) is 6.34. The van der Waals surface area contributed by atoms with Crippen LogP contribution in [-0.2, 0) is 4.79 Å². The Labute approximate surface area is 181 Å². The van der Waals surface area contributed by atoms with Crippen molar-refractivity contribution in [2.24, 2.45) is 5.92 Å². The van der Waals surface area contributed by atoms with E-state index in [0.29, 0.717) is 5.91 Å². The maximum absolute atomic E-state index is 13.1. The molecule has 0 radical (unpaired) electrons. The summed E-state index contributed by atoms with van der Waals surface area (Å²) in [4.78, 5) is 19.7. The van der Waals surface area contributed by atoms with Crippen molar-refractivity contribution < 1.29 is 9.53 Å². The molecular formula is C22H27N7O2. The lowest BCUT2D eigenvalue weighted by molar-refractivity contribution is -0.136. The zero-order valence-corrected chi connectivity index (χ0v) is 17.7. The van der Waals surface area contributed by atoms with Gasteiger partial charge >= 0.3 is 0 Å². The van der Waals surface area contributed by atoms with E-state index >= 15 is 0 Å². The van der Waals surface area contributed by atoms with Crippen LogP contribution in [0.25, 0.3) is 5.65 Å². The number of hydrogen-bond donors (Lipinski definition) is 0. The van der Waals surface area contributed by atoms with E-state index in [9.17, 15) is 4.79 Å². The summed E-state index contributed by atoms with van der Waals surface area (Å²) in [5.74, 6) is 2.17. The van der Waals surface area contributed by atoms with Crippen molar-refractivity contribution in [2.75, 3.05) is 56.2 Å². The van der Waals surface area contributed by atoms with Crippen LogP contribution in [0.3, 0.4) is 0 Å². The Morgan fingerprint density at radius 1 is 0.935 bits per heavy atom. The van der Waals surface area contributed by atoms with E-state index in [4.69, 9.17) is 4.74 Å². The molecule has 162 valence electrons. The normalized spacial score (nSPS) is 17.9. The van der Waals surface area contributed by atoms with Gasteiger partial charge in [-0.15, -0.1) is 15.3 Å². The Hall–Kier alpha value is -3.36. The second kappa shape index (κ2) is 8.41. The number of ether oxygens (including phenoxy) is 1. The van der Waals surface area contributed by atoms with Gasteiger partial charge in [0, 0.05) is 50.9 Å². The number of carbonyl (C=O) groups is 1. The number of rotatable bonds is 4. The molecular weight excluding hydrogens is 394 g/mol. The standard InChI is InChI=1S/C22H27N7O2/c1-31-19-4-2-18(3-5-19)26-12-14-28(15-13-26)22(30)17-8-10-27(11-9-17)21-7-6-20-24-23-16-29(20)25-21/h2-7,16-17H,8-15H2,1H3. The van der Waals surface area contributed by atoms with Crippen LogP contribution in [0.5, 0.6) is 5.75 Å². The first-order valence-corrected chi connectivity index (χ1v) is 10.8. The van der Waals surface area contributed by atoms with Gasteiger partial charge in [-0.25, -0.2) is 0 Å².